The minimum absolute atomic E-state index is 0.343. The van der Waals surface area contributed by atoms with E-state index in [1.165, 1.54) is 0 Å². The van der Waals surface area contributed by atoms with E-state index in [9.17, 15) is 4.79 Å². The van der Waals surface area contributed by atoms with Crippen molar-refractivity contribution in [3.05, 3.63) is 24.3 Å². The maximum absolute atomic E-state index is 12.0. The van der Waals surface area contributed by atoms with Gasteiger partial charge in [0.15, 0.2) is 6.04 Å². The summed E-state index contributed by atoms with van der Waals surface area (Å²) >= 11 is 0. The van der Waals surface area contributed by atoms with Crippen LogP contribution in [0.5, 0.6) is 5.75 Å². The van der Waals surface area contributed by atoms with Gasteiger partial charge in [0, 0.05) is 11.7 Å². The minimum atomic E-state index is -1.25. The standard InChI is InChI=1S/C17H25NO3Si/c1-6-21-17(19)16(8-7-13-22(3,4)5)18-14-9-11-15(20-2)12-10-14/h9-12,16,18H,6,13H2,1-5H3/t16-/m1/s1. The van der Waals surface area contributed by atoms with Gasteiger partial charge in [0.1, 0.15) is 5.75 Å². The highest BCUT2D eigenvalue weighted by atomic mass is 28.3. The zero-order valence-corrected chi connectivity index (χ0v) is 15.0. The highest BCUT2D eigenvalue weighted by Gasteiger charge is 2.17. The molecular formula is C17H25NO3Si. The van der Waals surface area contributed by atoms with Crippen molar-refractivity contribution in [1.82, 2.24) is 0 Å². The van der Waals surface area contributed by atoms with Crippen LogP contribution in [-0.4, -0.2) is 33.8 Å². The van der Waals surface area contributed by atoms with Gasteiger partial charge in [0.25, 0.3) is 0 Å². The molecule has 0 spiro atoms. The molecule has 5 heteroatoms. The number of ether oxygens (including phenoxy) is 2. The van der Waals surface area contributed by atoms with E-state index >= 15 is 0 Å². The molecule has 0 saturated carbocycles. The molecule has 0 unspecified atom stereocenters. The van der Waals surface area contributed by atoms with Crippen LogP contribution in [-0.2, 0) is 9.53 Å². The molecule has 22 heavy (non-hydrogen) atoms. The maximum atomic E-state index is 12.0. The summed E-state index contributed by atoms with van der Waals surface area (Å²) in [6.45, 7) is 8.88. The summed E-state index contributed by atoms with van der Waals surface area (Å²) in [5.41, 5.74) is 0.807. The third kappa shape index (κ3) is 6.68. The summed E-state index contributed by atoms with van der Waals surface area (Å²) in [6.07, 6.45) is 0. The molecule has 1 atom stereocenters. The van der Waals surface area contributed by atoms with Crippen LogP contribution in [0.4, 0.5) is 5.69 Å². The highest BCUT2D eigenvalue weighted by molar-refractivity contribution is 6.76. The molecule has 4 nitrogen and oxygen atoms in total. The predicted molar refractivity (Wildman–Crippen MR) is 93.0 cm³/mol. The lowest BCUT2D eigenvalue weighted by atomic mass is 10.2. The third-order valence-corrected chi connectivity index (χ3v) is 4.03. The molecule has 0 bridgehead atoms. The Hall–Kier alpha value is -1.93. The second-order valence-corrected chi connectivity index (χ2v) is 11.6. The number of carbonyl (C=O) groups is 1. The van der Waals surface area contributed by atoms with Crippen molar-refractivity contribution in [2.75, 3.05) is 19.0 Å². The largest absolute Gasteiger partial charge is 0.497 e. The Morgan fingerprint density at radius 3 is 2.41 bits per heavy atom. The molecule has 0 aromatic heterocycles. The van der Waals surface area contributed by atoms with E-state index in [2.05, 4.69) is 36.8 Å². The van der Waals surface area contributed by atoms with Crippen molar-refractivity contribution in [3.63, 3.8) is 0 Å². The van der Waals surface area contributed by atoms with Crippen LogP contribution >= 0.6 is 0 Å². The number of esters is 1. The zero-order chi connectivity index (χ0) is 16.6. The number of methoxy groups -OCH3 is 1. The quantitative estimate of drug-likeness (QED) is 0.496. The molecule has 0 heterocycles. The molecule has 0 aliphatic heterocycles. The first-order valence-corrected chi connectivity index (χ1v) is 11.1. The summed E-state index contributed by atoms with van der Waals surface area (Å²) in [4.78, 5) is 12.0. The number of hydrogen-bond donors (Lipinski definition) is 1. The van der Waals surface area contributed by atoms with Crippen LogP contribution in [0.25, 0.3) is 0 Å². The SMILES string of the molecule is CCOC(=O)[C@@H](C#CC[Si](C)(C)C)Nc1ccc(OC)cc1. The van der Waals surface area contributed by atoms with E-state index in [4.69, 9.17) is 9.47 Å². The van der Waals surface area contributed by atoms with Crippen molar-refractivity contribution in [2.24, 2.45) is 0 Å². The number of anilines is 1. The average molecular weight is 319 g/mol. The molecule has 1 aromatic rings. The fraction of sp³-hybridized carbons (Fsp3) is 0.471. The van der Waals surface area contributed by atoms with Gasteiger partial charge in [-0.15, -0.1) is 5.92 Å². The first-order valence-electron chi connectivity index (χ1n) is 7.41. The molecule has 120 valence electrons. The van der Waals surface area contributed by atoms with Gasteiger partial charge in [-0.25, -0.2) is 4.79 Å². The van der Waals surface area contributed by atoms with Crippen molar-refractivity contribution in [3.8, 4) is 17.6 Å². The fourth-order valence-electron chi connectivity index (χ4n) is 1.65. The van der Waals surface area contributed by atoms with Gasteiger partial charge in [-0.05, 0) is 31.2 Å². The summed E-state index contributed by atoms with van der Waals surface area (Å²) < 4.78 is 10.2. The molecule has 0 amide bonds. The first-order chi connectivity index (χ1) is 10.4. The molecule has 0 aliphatic rings. The Morgan fingerprint density at radius 1 is 1.27 bits per heavy atom. The van der Waals surface area contributed by atoms with Gasteiger partial charge >= 0.3 is 5.97 Å². The lowest BCUT2D eigenvalue weighted by Gasteiger charge is -2.14. The molecule has 0 radical (unpaired) electrons. The smallest absolute Gasteiger partial charge is 0.341 e. The van der Waals surface area contributed by atoms with Gasteiger partial charge < -0.3 is 14.8 Å². The van der Waals surface area contributed by atoms with Gasteiger partial charge in [-0.2, -0.15) is 0 Å². The second-order valence-electron chi connectivity index (χ2n) is 6.12. The Bertz CT molecular complexity index is 538. The Balaban J connectivity index is 2.82. The van der Waals surface area contributed by atoms with E-state index in [1.807, 2.05) is 24.3 Å². The Morgan fingerprint density at radius 2 is 1.91 bits per heavy atom. The van der Waals surface area contributed by atoms with E-state index in [0.717, 1.165) is 17.5 Å². The monoisotopic (exact) mass is 319 g/mol. The predicted octanol–water partition coefficient (Wildman–Crippen LogP) is 3.38. The molecule has 0 fully saturated rings. The number of rotatable bonds is 6. The number of nitrogens with one attached hydrogen (secondary N) is 1. The molecule has 1 rings (SSSR count). The van der Waals surface area contributed by atoms with Crippen molar-refractivity contribution in [2.45, 2.75) is 38.7 Å². The fourth-order valence-corrected chi connectivity index (χ4v) is 2.28. The number of carbonyl (C=O) groups excluding carboxylic acids is 1. The van der Waals surface area contributed by atoms with Crippen molar-refractivity contribution < 1.29 is 14.3 Å². The van der Waals surface area contributed by atoms with E-state index in [1.54, 1.807) is 14.0 Å². The van der Waals surface area contributed by atoms with Crippen LogP contribution in [0.15, 0.2) is 24.3 Å². The first kappa shape index (κ1) is 18.1. The highest BCUT2D eigenvalue weighted by Crippen LogP contribution is 2.16. The van der Waals surface area contributed by atoms with Crippen LogP contribution in [0.1, 0.15) is 6.92 Å². The molecule has 1 N–H and O–H groups in total. The summed E-state index contributed by atoms with van der Waals surface area (Å²) in [5, 5.41) is 3.11. The summed E-state index contributed by atoms with van der Waals surface area (Å²) in [7, 11) is 0.365. The van der Waals surface area contributed by atoms with E-state index in [-0.39, 0.29) is 5.97 Å². The van der Waals surface area contributed by atoms with E-state index < -0.39 is 14.1 Å². The van der Waals surface area contributed by atoms with Crippen LogP contribution in [0, 0.1) is 11.8 Å². The Kier molecular flexibility index (Phi) is 7.00. The topological polar surface area (TPSA) is 47.6 Å². The van der Waals surface area contributed by atoms with Crippen molar-refractivity contribution >= 4 is 19.7 Å². The molecule has 0 saturated heterocycles. The van der Waals surface area contributed by atoms with Gasteiger partial charge in [0.2, 0.25) is 0 Å². The van der Waals surface area contributed by atoms with Crippen LogP contribution in [0.2, 0.25) is 25.7 Å². The average Bonchev–Trinajstić information content (AvgIpc) is 2.46. The normalized spacial score (nSPS) is 11.9. The van der Waals surface area contributed by atoms with E-state index in [0.29, 0.717) is 6.61 Å². The zero-order valence-electron chi connectivity index (χ0n) is 14.0. The molecular weight excluding hydrogens is 294 g/mol. The lowest BCUT2D eigenvalue weighted by molar-refractivity contribution is -0.142. The maximum Gasteiger partial charge on any atom is 0.341 e. The summed E-state index contributed by atoms with van der Waals surface area (Å²) in [5.74, 6) is 6.56. The van der Waals surface area contributed by atoms with Crippen molar-refractivity contribution in [1.29, 1.82) is 0 Å². The van der Waals surface area contributed by atoms with Gasteiger partial charge in [0.05, 0.1) is 21.8 Å². The van der Waals surface area contributed by atoms with Crippen LogP contribution in [0.3, 0.4) is 0 Å². The van der Waals surface area contributed by atoms with Gasteiger partial charge in [-0.3, -0.25) is 0 Å². The molecule has 1 aromatic carbocycles. The lowest BCUT2D eigenvalue weighted by Crippen LogP contribution is -2.30. The number of hydrogen-bond acceptors (Lipinski definition) is 4. The molecule has 0 aliphatic carbocycles. The van der Waals surface area contributed by atoms with Gasteiger partial charge in [-0.1, -0.05) is 25.6 Å². The third-order valence-electron chi connectivity index (χ3n) is 2.79. The number of benzene rings is 1. The Labute approximate surface area is 134 Å². The summed E-state index contributed by atoms with van der Waals surface area (Å²) in [6, 6.07) is 7.58. The second kappa shape index (κ2) is 8.50. The van der Waals surface area contributed by atoms with Crippen LogP contribution < -0.4 is 10.1 Å². The minimum Gasteiger partial charge on any atom is -0.497 e.